The number of ether oxygens (including phenoxy) is 1. The van der Waals surface area contributed by atoms with Gasteiger partial charge < -0.3 is 10.5 Å². The van der Waals surface area contributed by atoms with Gasteiger partial charge in [0.15, 0.2) is 6.54 Å². The van der Waals surface area contributed by atoms with Crippen LogP contribution in [0.5, 0.6) is 5.75 Å². The molecule has 2 N–H and O–H groups in total. The molecule has 2 aromatic heterocycles. The van der Waals surface area contributed by atoms with Gasteiger partial charge in [-0.05, 0) is 29.7 Å². The third-order valence-corrected chi connectivity index (χ3v) is 5.24. The first-order chi connectivity index (χ1) is 13.2. The van der Waals surface area contributed by atoms with E-state index in [4.69, 9.17) is 5.73 Å². The van der Waals surface area contributed by atoms with Gasteiger partial charge in [-0.1, -0.05) is 36.0 Å². The van der Waals surface area contributed by atoms with Gasteiger partial charge in [0, 0.05) is 17.7 Å². The molecule has 0 fully saturated rings. The summed E-state index contributed by atoms with van der Waals surface area (Å²) in [5.74, 6) is -1.45. The number of ketones is 1. The summed E-state index contributed by atoms with van der Waals surface area (Å²) in [6.07, 6.45) is 0.619. The van der Waals surface area contributed by atoms with Crippen LogP contribution in [0.1, 0.15) is 23.0 Å². The quantitative estimate of drug-likeness (QED) is 0.360. The van der Waals surface area contributed by atoms with Crippen LogP contribution in [0.3, 0.4) is 0 Å². The van der Waals surface area contributed by atoms with Crippen molar-refractivity contribution in [2.45, 2.75) is 24.8 Å². The van der Waals surface area contributed by atoms with Gasteiger partial charge in [0.1, 0.15) is 10.6 Å². The summed E-state index contributed by atoms with van der Waals surface area (Å²) in [6, 6.07) is 4.49. The molecule has 0 amide bonds. The Morgan fingerprint density at radius 1 is 1.21 bits per heavy atom. The fraction of sp³-hybridized carbons (Fsp3) is 0.250. The van der Waals surface area contributed by atoms with E-state index < -0.39 is 38.8 Å². The summed E-state index contributed by atoms with van der Waals surface area (Å²) in [6.45, 7) is 1.33. The lowest BCUT2D eigenvalue weighted by atomic mass is 10.1. The fourth-order valence-electron chi connectivity index (χ4n) is 2.64. The molecule has 7 nitrogen and oxygen atoms in total. The Morgan fingerprint density at radius 3 is 2.48 bits per heavy atom. The summed E-state index contributed by atoms with van der Waals surface area (Å²) in [5, 5.41) is 8.17. The molecule has 3 aromatic rings. The Kier molecular flexibility index (Phi) is 4.31. The lowest BCUT2D eigenvalue weighted by molar-refractivity contribution is -0.714. The molecule has 0 saturated heterocycles. The third kappa shape index (κ3) is 4.23. The van der Waals surface area contributed by atoms with E-state index >= 15 is 0 Å². The molecule has 0 atom stereocenters. The average Bonchev–Trinajstić information content (AvgIpc) is 2.94. The number of hydrogen-bond donors (Lipinski definition) is 1. The lowest BCUT2D eigenvalue weighted by Crippen LogP contribution is -2.40. The van der Waals surface area contributed by atoms with Crippen molar-refractivity contribution >= 4 is 27.6 Å². The molecule has 0 aliphatic heterocycles. The largest absolute Gasteiger partial charge is 0.497 e. The number of anilines is 1. The summed E-state index contributed by atoms with van der Waals surface area (Å²) in [7, 11) is -9.00. The van der Waals surface area contributed by atoms with Crippen LogP contribution in [0.2, 0.25) is 0 Å². The number of aromatic nitrogens is 4. The second-order valence-corrected chi connectivity index (χ2v) is 8.66. The van der Waals surface area contributed by atoms with Crippen molar-refractivity contribution in [1.29, 1.82) is 0 Å². The van der Waals surface area contributed by atoms with Gasteiger partial charge in [-0.15, -0.1) is 4.68 Å². The molecule has 0 spiro atoms. The van der Waals surface area contributed by atoms with Crippen molar-refractivity contribution in [2.24, 2.45) is 0 Å². The molecule has 0 bridgehead atoms. The highest BCUT2D eigenvalue weighted by Crippen LogP contribution is 3.02. The predicted molar refractivity (Wildman–Crippen MR) is 95.7 cm³/mol. The highest BCUT2D eigenvalue weighted by atomic mass is 32.5. The average molecular weight is 438 g/mol. The van der Waals surface area contributed by atoms with Crippen molar-refractivity contribution in [2.75, 3.05) is 12.8 Å². The van der Waals surface area contributed by atoms with Gasteiger partial charge in [0.05, 0.1) is 12.8 Å². The maximum absolute atomic E-state index is 13.2. The van der Waals surface area contributed by atoms with Gasteiger partial charge >= 0.3 is 21.8 Å². The van der Waals surface area contributed by atoms with Crippen LogP contribution < -0.4 is 15.2 Å². The zero-order valence-corrected chi connectivity index (χ0v) is 16.1. The number of Topliss-reactive ketones (excluding diaryl/α,β-unsaturated/α-hetero) is 1. The molecule has 2 heterocycles. The number of carbonyl (C=O) groups is 1. The molecular weight excluding hydrogens is 421 g/mol. The Labute approximate surface area is 161 Å². The smallest absolute Gasteiger partial charge is 0.355 e. The van der Waals surface area contributed by atoms with Crippen molar-refractivity contribution in [3.05, 3.63) is 41.6 Å². The van der Waals surface area contributed by atoms with Crippen LogP contribution in [0.4, 0.5) is 25.4 Å². The summed E-state index contributed by atoms with van der Waals surface area (Å²) >= 11 is 0. The molecule has 158 valence electrons. The Balaban J connectivity index is 2.03. The standard InChI is InChI=1S/C16H17F5N5O2S/c1-3-11-4-5-15-25(24-16(22)26(15)23-11)9-14(27)10-6-12(28-2)8-13(7-10)29(17,18,19,20)21/h4-8H,3,9H2,1-2H3,(H2,22,24)/q+1. The first-order valence-corrected chi connectivity index (χ1v) is 10.2. The molecule has 0 unspecified atom stereocenters. The minimum atomic E-state index is -10.0. The number of hydrogen-bond acceptors (Lipinski definition) is 5. The number of methoxy groups -OCH3 is 1. The SMILES string of the molecule is CCc1ccc2n(n1)c(N)n[n+]2CC(=O)c1cc(OC)cc(S(F)(F)(F)(F)F)c1. The van der Waals surface area contributed by atoms with Gasteiger partial charge in [-0.3, -0.25) is 4.79 Å². The predicted octanol–water partition coefficient (Wildman–Crippen LogP) is 3.71. The van der Waals surface area contributed by atoms with E-state index in [2.05, 4.69) is 14.9 Å². The lowest BCUT2D eigenvalue weighted by Gasteiger charge is -2.40. The van der Waals surface area contributed by atoms with E-state index in [1.54, 1.807) is 12.1 Å². The van der Waals surface area contributed by atoms with E-state index in [-0.39, 0.29) is 18.1 Å². The molecule has 0 aliphatic carbocycles. The molecular formula is C16H17F5N5O2S+. The van der Waals surface area contributed by atoms with E-state index in [1.165, 1.54) is 4.52 Å². The van der Waals surface area contributed by atoms with Gasteiger partial charge in [0.25, 0.3) is 0 Å². The third-order valence-electron chi connectivity index (χ3n) is 4.11. The zero-order valence-electron chi connectivity index (χ0n) is 15.3. The first-order valence-electron chi connectivity index (χ1n) is 8.22. The van der Waals surface area contributed by atoms with Gasteiger partial charge in [0.2, 0.25) is 5.78 Å². The summed E-state index contributed by atoms with van der Waals surface area (Å²) in [4.78, 5) is 10.4. The summed E-state index contributed by atoms with van der Waals surface area (Å²) in [5.41, 5.74) is 6.18. The number of benzene rings is 1. The first kappa shape index (κ1) is 20.8. The highest BCUT2D eigenvalue weighted by Gasteiger charge is 2.65. The zero-order chi connectivity index (χ0) is 21.7. The molecule has 0 radical (unpaired) electrons. The monoisotopic (exact) mass is 438 g/mol. The summed E-state index contributed by atoms with van der Waals surface area (Å²) < 4.78 is 73.1. The number of nitrogens with two attached hydrogens (primary N) is 1. The molecule has 29 heavy (non-hydrogen) atoms. The number of nitrogens with zero attached hydrogens (tertiary/aromatic N) is 4. The number of rotatable bonds is 6. The van der Waals surface area contributed by atoms with Crippen molar-refractivity contribution in [1.82, 2.24) is 14.7 Å². The van der Waals surface area contributed by atoms with Crippen LogP contribution in [0.25, 0.3) is 5.65 Å². The highest BCUT2D eigenvalue weighted by molar-refractivity contribution is 8.45. The second-order valence-electron chi connectivity index (χ2n) is 6.25. The molecule has 1 aromatic carbocycles. The van der Waals surface area contributed by atoms with Gasteiger partial charge in [-0.2, -0.15) is 0 Å². The van der Waals surface area contributed by atoms with E-state index in [0.29, 0.717) is 17.8 Å². The topological polar surface area (TPSA) is 86.4 Å². The second kappa shape index (κ2) is 6.02. The number of fused-ring (bicyclic) bond motifs is 1. The van der Waals surface area contributed by atoms with Crippen LogP contribution in [-0.2, 0) is 13.0 Å². The normalized spacial score (nSPS) is 14.4. The minimum absolute atomic E-state index is 0.0403. The number of carbonyl (C=O) groups excluding carboxylic acids is 1. The maximum atomic E-state index is 13.2. The van der Waals surface area contributed by atoms with E-state index in [9.17, 15) is 24.2 Å². The number of nitrogen functional groups attached to an aromatic ring is 1. The van der Waals surface area contributed by atoms with Crippen molar-refractivity contribution < 1.29 is 33.6 Å². The van der Waals surface area contributed by atoms with Crippen LogP contribution in [-0.4, -0.2) is 27.6 Å². The van der Waals surface area contributed by atoms with Crippen molar-refractivity contribution in [3.63, 3.8) is 0 Å². The Bertz CT molecular complexity index is 1130. The van der Waals surface area contributed by atoms with Crippen LogP contribution >= 0.6 is 10.2 Å². The number of halogens is 5. The minimum Gasteiger partial charge on any atom is -0.497 e. The van der Waals surface area contributed by atoms with Gasteiger partial charge in [-0.25, -0.2) is 0 Å². The van der Waals surface area contributed by atoms with Crippen molar-refractivity contribution in [3.8, 4) is 5.75 Å². The number of aryl methyl sites for hydroxylation is 1. The Morgan fingerprint density at radius 2 is 1.90 bits per heavy atom. The molecule has 13 heteroatoms. The molecule has 3 rings (SSSR count). The fourth-order valence-corrected chi connectivity index (χ4v) is 3.33. The Hall–Kier alpha value is -2.96. The molecule has 0 saturated carbocycles. The van der Waals surface area contributed by atoms with E-state index in [1.807, 2.05) is 6.92 Å². The van der Waals surface area contributed by atoms with Crippen LogP contribution in [0, 0.1) is 0 Å². The van der Waals surface area contributed by atoms with E-state index in [0.717, 1.165) is 17.9 Å². The van der Waals surface area contributed by atoms with Crippen LogP contribution in [0.15, 0.2) is 35.2 Å². The maximum Gasteiger partial charge on any atom is 0.355 e. The molecule has 0 aliphatic rings.